The van der Waals surface area contributed by atoms with Crippen molar-refractivity contribution in [2.75, 3.05) is 6.54 Å². The fraction of sp³-hybridized carbons (Fsp3) is 0.538. The summed E-state index contributed by atoms with van der Waals surface area (Å²) in [5, 5.41) is 11.2. The molecule has 1 saturated heterocycles. The standard InChI is InChI=1S/C13H18N4S/c1-2-17-8-10(7-15-17)12-9-18-13(16-12)11-5-3-4-6-14-11/h7-9,11,14H,2-6H2,1H3. The highest BCUT2D eigenvalue weighted by Gasteiger charge is 2.18. The molecular formula is C13H18N4S. The summed E-state index contributed by atoms with van der Waals surface area (Å²) in [7, 11) is 0. The van der Waals surface area contributed by atoms with E-state index in [1.165, 1.54) is 24.3 Å². The van der Waals surface area contributed by atoms with Crippen LogP contribution in [0.3, 0.4) is 0 Å². The van der Waals surface area contributed by atoms with Gasteiger partial charge in [0.15, 0.2) is 0 Å². The maximum absolute atomic E-state index is 4.75. The van der Waals surface area contributed by atoms with E-state index in [1.54, 1.807) is 11.3 Å². The van der Waals surface area contributed by atoms with Crippen LogP contribution in [0.25, 0.3) is 11.3 Å². The van der Waals surface area contributed by atoms with Gasteiger partial charge in [-0.25, -0.2) is 4.98 Å². The minimum atomic E-state index is 0.457. The van der Waals surface area contributed by atoms with E-state index in [0.29, 0.717) is 6.04 Å². The Morgan fingerprint density at radius 2 is 2.44 bits per heavy atom. The normalized spacial score (nSPS) is 20.2. The minimum Gasteiger partial charge on any atom is -0.308 e. The maximum Gasteiger partial charge on any atom is 0.110 e. The molecule has 1 fully saturated rings. The van der Waals surface area contributed by atoms with Crippen LogP contribution in [0.2, 0.25) is 0 Å². The lowest BCUT2D eigenvalue weighted by Crippen LogP contribution is -2.26. The lowest BCUT2D eigenvalue weighted by Gasteiger charge is -2.21. The van der Waals surface area contributed by atoms with Gasteiger partial charge in [0.25, 0.3) is 0 Å². The van der Waals surface area contributed by atoms with E-state index in [1.807, 2.05) is 10.9 Å². The molecule has 3 heterocycles. The Balaban J connectivity index is 1.79. The summed E-state index contributed by atoms with van der Waals surface area (Å²) < 4.78 is 1.94. The van der Waals surface area contributed by atoms with Gasteiger partial charge < -0.3 is 5.32 Å². The first-order chi connectivity index (χ1) is 8.86. The minimum absolute atomic E-state index is 0.457. The first-order valence-corrected chi connectivity index (χ1v) is 7.46. The van der Waals surface area contributed by atoms with E-state index in [9.17, 15) is 0 Å². The van der Waals surface area contributed by atoms with Gasteiger partial charge in [-0.2, -0.15) is 5.10 Å². The zero-order chi connectivity index (χ0) is 12.4. The van der Waals surface area contributed by atoms with Crippen LogP contribution < -0.4 is 5.32 Å². The molecule has 1 unspecified atom stereocenters. The Labute approximate surface area is 111 Å². The average Bonchev–Trinajstić information content (AvgIpc) is 3.08. The zero-order valence-electron chi connectivity index (χ0n) is 10.6. The molecule has 96 valence electrons. The molecule has 3 rings (SSSR count). The van der Waals surface area contributed by atoms with Crippen LogP contribution in [0.15, 0.2) is 17.8 Å². The van der Waals surface area contributed by atoms with E-state index in [4.69, 9.17) is 4.98 Å². The van der Waals surface area contributed by atoms with Gasteiger partial charge in [0, 0.05) is 23.7 Å². The van der Waals surface area contributed by atoms with Crippen LogP contribution in [0, 0.1) is 0 Å². The topological polar surface area (TPSA) is 42.7 Å². The van der Waals surface area contributed by atoms with E-state index in [2.05, 4.69) is 28.9 Å². The molecule has 18 heavy (non-hydrogen) atoms. The van der Waals surface area contributed by atoms with Crippen molar-refractivity contribution in [1.82, 2.24) is 20.1 Å². The first kappa shape index (κ1) is 11.9. The Kier molecular flexibility index (Phi) is 3.43. The Hall–Kier alpha value is -1.20. The van der Waals surface area contributed by atoms with E-state index in [-0.39, 0.29) is 0 Å². The summed E-state index contributed by atoms with van der Waals surface area (Å²) in [4.78, 5) is 4.75. The molecule has 1 atom stereocenters. The molecule has 0 spiro atoms. The molecule has 0 aliphatic carbocycles. The van der Waals surface area contributed by atoms with Crippen LogP contribution in [-0.4, -0.2) is 21.3 Å². The molecular weight excluding hydrogens is 244 g/mol. The molecule has 5 heteroatoms. The molecule has 0 saturated carbocycles. The van der Waals surface area contributed by atoms with Crippen LogP contribution in [-0.2, 0) is 6.54 Å². The van der Waals surface area contributed by atoms with Gasteiger partial charge >= 0.3 is 0 Å². The number of rotatable bonds is 3. The molecule has 0 aromatic carbocycles. The van der Waals surface area contributed by atoms with Crippen molar-refractivity contribution in [3.63, 3.8) is 0 Å². The van der Waals surface area contributed by atoms with Crippen molar-refractivity contribution in [1.29, 1.82) is 0 Å². The summed E-state index contributed by atoms with van der Waals surface area (Å²) >= 11 is 1.76. The maximum atomic E-state index is 4.75. The van der Waals surface area contributed by atoms with Crippen molar-refractivity contribution in [2.24, 2.45) is 0 Å². The van der Waals surface area contributed by atoms with Gasteiger partial charge in [-0.15, -0.1) is 11.3 Å². The SMILES string of the molecule is CCn1cc(-c2csc(C3CCCCN3)n2)cn1. The fourth-order valence-electron chi connectivity index (χ4n) is 2.31. The predicted octanol–water partition coefficient (Wildman–Crippen LogP) is 2.84. The fourth-order valence-corrected chi connectivity index (χ4v) is 3.25. The Morgan fingerprint density at radius 1 is 1.50 bits per heavy atom. The summed E-state index contributed by atoms with van der Waals surface area (Å²) in [6, 6.07) is 0.457. The van der Waals surface area contributed by atoms with E-state index in [0.717, 1.165) is 24.3 Å². The third-order valence-corrected chi connectivity index (χ3v) is 4.34. The number of aromatic nitrogens is 3. The quantitative estimate of drug-likeness (QED) is 0.925. The highest BCUT2D eigenvalue weighted by atomic mass is 32.1. The second-order valence-corrected chi connectivity index (χ2v) is 5.55. The van der Waals surface area contributed by atoms with Gasteiger partial charge in [0.1, 0.15) is 5.01 Å². The Bertz CT molecular complexity index is 511. The molecule has 1 aliphatic heterocycles. The van der Waals surface area contributed by atoms with Crippen LogP contribution in [0.1, 0.15) is 37.2 Å². The average molecular weight is 262 g/mol. The third kappa shape index (κ3) is 2.33. The molecule has 2 aromatic heterocycles. The lowest BCUT2D eigenvalue weighted by molar-refractivity contribution is 0.411. The predicted molar refractivity (Wildman–Crippen MR) is 73.6 cm³/mol. The number of nitrogens with one attached hydrogen (secondary N) is 1. The van der Waals surface area contributed by atoms with Gasteiger partial charge in [0.05, 0.1) is 17.9 Å². The highest BCUT2D eigenvalue weighted by molar-refractivity contribution is 7.10. The van der Waals surface area contributed by atoms with E-state index < -0.39 is 0 Å². The van der Waals surface area contributed by atoms with Crippen LogP contribution >= 0.6 is 11.3 Å². The first-order valence-electron chi connectivity index (χ1n) is 6.58. The summed E-state index contributed by atoms with van der Waals surface area (Å²) in [6.45, 7) is 4.11. The molecule has 1 aliphatic rings. The number of aryl methyl sites for hydroxylation is 1. The zero-order valence-corrected chi connectivity index (χ0v) is 11.4. The van der Waals surface area contributed by atoms with Gasteiger partial charge in [0.2, 0.25) is 0 Å². The summed E-state index contributed by atoms with van der Waals surface area (Å²) in [6.07, 6.45) is 7.77. The highest BCUT2D eigenvalue weighted by Crippen LogP contribution is 2.29. The van der Waals surface area contributed by atoms with Crippen molar-refractivity contribution in [3.05, 3.63) is 22.8 Å². The molecule has 1 N–H and O–H groups in total. The van der Waals surface area contributed by atoms with Gasteiger partial charge in [-0.05, 0) is 26.3 Å². The molecule has 4 nitrogen and oxygen atoms in total. The second-order valence-electron chi connectivity index (χ2n) is 4.66. The largest absolute Gasteiger partial charge is 0.308 e. The smallest absolute Gasteiger partial charge is 0.110 e. The van der Waals surface area contributed by atoms with Gasteiger partial charge in [-0.3, -0.25) is 4.68 Å². The van der Waals surface area contributed by atoms with Crippen molar-refractivity contribution in [2.45, 2.75) is 38.8 Å². The van der Waals surface area contributed by atoms with Crippen LogP contribution in [0.5, 0.6) is 0 Å². The number of nitrogens with zero attached hydrogens (tertiary/aromatic N) is 3. The van der Waals surface area contributed by atoms with Crippen molar-refractivity contribution < 1.29 is 0 Å². The monoisotopic (exact) mass is 262 g/mol. The number of hydrogen-bond donors (Lipinski definition) is 1. The summed E-state index contributed by atoms with van der Waals surface area (Å²) in [5.74, 6) is 0. The second kappa shape index (κ2) is 5.20. The van der Waals surface area contributed by atoms with Crippen molar-refractivity contribution >= 4 is 11.3 Å². The summed E-state index contributed by atoms with van der Waals surface area (Å²) in [5.41, 5.74) is 2.18. The third-order valence-electron chi connectivity index (χ3n) is 3.38. The van der Waals surface area contributed by atoms with Crippen LogP contribution in [0.4, 0.5) is 0 Å². The lowest BCUT2D eigenvalue weighted by atomic mass is 10.1. The number of hydrogen-bond acceptors (Lipinski definition) is 4. The number of piperidine rings is 1. The molecule has 2 aromatic rings. The van der Waals surface area contributed by atoms with Gasteiger partial charge in [-0.1, -0.05) is 6.42 Å². The molecule has 0 bridgehead atoms. The molecule has 0 amide bonds. The number of thiazole rings is 1. The van der Waals surface area contributed by atoms with Crippen molar-refractivity contribution in [3.8, 4) is 11.3 Å². The molecule has 0 radical (unpaired) electrons. The Morgan fingerprint density at radius 3 is 3.17 bits per heavy atom. The van der Waals surface area contributed by atoms with E-state index >= 15 is 0 Å².